The van der Waals surface area contributed by atoms with Gasteiger partial charge in [0.15, 0.2) is 0 Å². The van der Waals surface area contributed by atoms with Crippen LogP contribution in [0.3, 0.4) is 0 Å². The van der Waals surface area contributed by atoms with Gasteiger partial charge in [-0.05, 0) is 39.7 Å². The number of fused-ring (bicyclic) bond motifs is 3. The minimum Gasteiger partial charge on any atom is -0.497 e. The van der Waals surface area contributed by atoms with Gasteiger partial charge in [-0.1, -0.05) is 30.3 Å². The summed E-state index contributed by atoms with van der Waals surface area (Å²) in [4.78, 5) is 26.3. The summed E-state index contributed by atoms with van der Waals surface area (Å²) in [7, 11) is 3.43. The molecule has 0 aliphatic carbocycles. The lowest BCUT2D eigenvalue weighted by molar-refractivity contribution is 0.414. The molecular formula is C21H17BrN2O3. The minimum atomic E-state index is -0.206. The van der Waals surface area contributed by atoms with Crippen LogP contribution < -0.4 is 15.7 Å². The molecule has 0 saturated heterocycles. The summed E-state index contributed by atoms with van der Waals surface area (Å²) in [5, 5.41) is 1.23. The lowest BCUT2D eigenvalue weighted by Crippen LogP contribution is -2.19. The van der Waals surface area contributed by atoms with Crippen molar-refractivity contribution in [1.82, 2.24) is 9.13 Å². The smallest absolute Gasteiger partial charge is 0.275 e. The van der Waals surface area contributed by atoms with E-state index in [-0.39, 0.29) is 11.0 Å². The third-order valence-corrected chi connectivity index (χ3v) is 5.36. The van der Waals surface area contributed by atoms with Crippen LogP contribution in [0, 0.1) is 0 Å². The van der Waals surface area contributed by atoms with E-state index >= 15 is 0 Å². The summed E-state index contributed by atoms with van der Waals surface area (Å²) in [6.07, 6.45) is 1.57. The number of ether oxygens (including phenoxy) is 1. The molecule has 0 aliphatic heterocycles. The Hall–Kier alpha value is -2.86. The first-order valence-electron chi connectivity index (χ1n) is 8.44. The van der Waals surface area contributed by atoms with Gasteiger partial charge in [0.05, 0.1) is 23.5 Å². The molecule has 0 amide bonds. The first-order valence-corrected chi connectivity index (χ1v) is 9.24. The van der Waals surface area contributed by atoms with E-state index in [1.807, 2.05) is 55.6 Å². The first kappa shape index (κ1) is 17.5. The maximum atomic E-state index is 13.3. The van der Waals surface area contributed by atoms with Gasteiger partial charge in [0, 0.05) is 24.1 Å². The van der Waals surface area contributed by atoms with Crippen molar-refractivity contribution in [2.75, 3.05) is 7.11 Å². The van der Waals surface area contributed by atoms with Crippen LogP contribution in [0.5, 0.6) is 5.75 Å². The summed E-state index contributed by atoms with van der Waals surface area (Å²) in [5.41, 5.74) is 1.81. The second-order valence-corrected chi connectivity index (χ2v) is 7.24. The molecule has 2 aromatic heterocycles. The molecule has 0 atom stereocenters. The van der Waals surface area contributed by atoms with E-state index < -0.39 is 0 Å². The van der Waals surface area contributed by atoms with Gasteiger partial charge >= 0.3 is 0 Å². The summed E-state index contributed by atoms with van der Waals surface area (Å²) < 4.78 is 8.90. The van der Waals surface area contributed by atoms with Gasteiger partial charge in [-0.15, -0.1) is 0 Å². The number of benzene rings is 2. The average molecular weight is 425 g/mol. The molecule has 2 aromatic carbocycles. The molecule has 4 aromatic rings. The van der Waals surface area contributed by atoms with E-state index in [2.05, 4.69) is 15.9 Å². The molecule has 136 valence electrons. The summed E-state index contributed by atoms with van der Waals surface area (Å²) in [5.74, 6) is 0.754. The maximum Gasteiger partial charge on any atom is 0.275 e. The van der Waals surface area contributed by atoms with Crippen molar-refractivity contribution >= 4 is 37.7 Å². The topological polar surface area (TPSA) is 53.2 Å². The number of para-hydroxylation sites is 1. The highest BCUT2D eigenvalue weighted by Crippen LogP contribution is 2.24. The Morgan fingerprint density at radius 2 is 1.74 bits per heavy atom. The summed E-state index contributed by atoms with van der Waals surface area (Å²) >= 11 is 3.36. The van der Waals surface area contributed by atoms with E-state index in [1.54, 1.807) is 22.4 Å². The lowest BCUT2D eigenvalue weighted by Gasteiger charge is -2.06. The first-order chi connectivity index (χ1) is 13.0. The zero-order valence-corrected chi connectivity index (χ0v) is 16.5. The molecule has 0 N–H and O–H groups in total. The molecule has 5 nitrogen and oxygen atoms in total. The second kappa shape index (κ2) is 6.70. The zero-order chi connectivity index (χ0) is 19.1. The second-order valence-electron chi connectivity index (χ2n) is 6.39. The van der Waals surface area contributed by atoms with Gasteiger partial charge in [0.25, 0.3) is 5.56 Å². The lowest BCUT2D eigenvalue weighted by atomic mass is 10.2. The SMILES string of the molecule is COc1ccc(Cn2cc(Br)c(=O)c3c4ccccc4n(C)c3c2=O)cc1. The molecule has 0 saturated carbocycles. The Balaban J connectivity index is 2.02. The maximum absolute atomic E-state index is 13.3. The van der Waals surface area contributed by atoms with Crippen molar-refractivity contribution in [2.24, 2.45) is 7.05 Å². The molecule has 0 fully saturated rings. The van der Waals surface area contributed by atoms with Crippen LogP contribution in [-0.4, -0.2) is 16.2 Å². The van der Waals surface area contributed by atoms with Crippen LogP contribution in [0.2, 0.25) is 0 Å². The van der Waals surface area contributed by atoms with Crippen molar-refractivity contribution in [2.45, 2.75) is 6.54 Å². The molecule has 0 aliphatic rings. The van der Waals surface area contributed by atoms with Crippen molar-refractivity contribution in [3.63, 3.8) is 0 Å². The van der Waals surface area contributed by atoms with E-state index in [0.717, 1.165) is 22.2 Å². The number of hydrogen-bond acceptors (Lipinski definition) is 3. The summed E-state index contributed by atoms with van der Waals surface area (Å²) in [6.45, 7) is 0.353. The Morgan fingerprint density at radius 3 is 2.44 bits per heavy atom. The van der Waals surface area contributed by atoms with Gasteiger partial charge in [-0.2, -0.15) is 0 Å². The number of aryl methyl sites for hydroxylation is 1. The Bertz CT molecular complexity index is 1290. The average Bonchev–Trinajstić information content (AvgIpc) is 2.95. The van der Waals surface area contributed by atoms with E-state index in [1.165, 1.54) is 0 Å². The van der Waals surface area contributed by atoms with Gasteiger partial charge in [-0.3, -0.25) is 9.59 Å². The van der Waals surface area contributed by atoms with Crippen LogP contribution in [0.1, 0.15) is 5.56 Å². The van der Waals surface area contributed by atoms with Gasteiger partial charge in [0.2, 0.25) is 5.43 Å². The molecule has 0 radical (unpaired) electrons. The fourth-order valence-corrected chi connectivity index (χ4v) is 3.87. The monoisotopic (exact) mass is 424 g/mol. The normalized spacial score (nSPS) is 11.2. The molecular weight excluding hydrogens is 408 g/mol. The highest BCUT2D eigenvalue weighted by molar-refractivity contribution is 9.10. The number of nitrogens with zero attached hydrogens (tertiary/aromatic N) is 2. The number of hydrogen-bond donors (Lipinski definition) is 0. The third kappa shape index (κ3) is 2.86. The fourth-order valence-electron chi connectivity index (χ4n) is 3.43. The predicted molar refractivity (Wildman–Crippen MR) is 111 cm³/mol. The van der Waals surface area contributed by atoms with Crippen LogP contribution in [0.25, 0.3) is 21.8 Å². The molecule has 4 rings (SSSR count). The van der Waals surface area contributed by atoms with Crippen LogP contribution in [0.15, 0.2) is 68.8 Å². The number of aromatic nitrogens is 2. The largest absolute Gasteiger partial charge is 0.497 e. The Kier molecular flexibility index (Phi) is 4.36. The molecule has 2 heterocycles. The fraction of sp³-hybridized carbons (Fsp3) is 0.143. The Morgan fingerprint density at radius 1 is 1.04 bits per heavy atom. The zero-order valence-electron chi connectivity index (χ0n) is 14.9. The van der Waals surface area contributed by atoms with Gasteiger partial charge in [-0.25, -0.2) is 0 Å². The van der Waals surface area contributed by atoms with E-state index in [9.17, 15) is 9.59 Å². The van der Waals surface area contributed by atoms with Crippen molar-refractivity contribution in [3.8, 4) is 5.75 Å². The van der Waals surface area contributed by atoms with Gasteiger partial charge in [0.1, 0.15) is 11.3 Å². The van der Waals surface area contributed by atoms with Crippen LogP contribution in [-0.2, 0) is 13.6 Å². The quantitative estimate of drug-likeness (QED) is 0.504. The predicted octanol–water partition coefficient (Wildman–Crippen LogP) is 3.67. The summed E-state index contributed by atoms with van der Waals surface area (Å²) in [6, 6.07) is 15.1. The highest BCUT2D eigenvalue weighted by atomic mass is 79.9. The van der Waals surface area contributed by atoms with Crippen molar-refractivity contribution < 1.29 is 4.74 Å². The van der Waals surface area contributed by atoms with Gasteiger partial charge < -0.3 is 13.9 Å². The number of methoxy groups -OCH3 is 1. The molecule has 27 heavy (non-hydrogen) atoms. The highest BCUT2D eigenvalue weighted by Gasteiger charge is 2.16. The van der Waals surface area contributed by atoms with E-state index in [0.29, 0.717) is 21.9 Å². The molecule has 0 unspecified atom stereocenters. The van der Waals surface area contributed by atoms with Crippen molar-refractivity contribution in [3.05, 3.63) is 85.3 Å². The van der Waals surface area contributed by atoms with Crippen molar-refractivity contribution in [1.29, 1.82) is 0 Å². The van der Waals surface area contributed by atoms with Crippen LogP contribution in [0.4, 0.5) is 0 Å². The third-order valence-electron chi connectivity index (χ3n) is 4.80. The standard InChI is InChI=1S/C21H17BrN2O3/c1-23-17-6-4-3-5-15(17)18-19(23)21(26)24(12-16(22)20(18)25)11-13-7-9-14(27-2)10-8-13/h3-10,12H,11H2,1-2H3. The molecule has 0 spiro atoms. The molecule has 0 bridgehead atoms. The van der Waals surface area contributed by atoms with E-state index in [4.69, 9.17) is 4.74 Å². The number of halogens is 1. The van der Waals surface area contributed by atoms with Crippen LogP contribution >= 0.6 is 15.9 Å². The molecule has 6 heteroatoms. The minimum absolute atomic E-state index is 0.188. The number of rotatable bonds is 3. The Labute approximate surface area is 163 Å².